The SMILES string of the molecule is CNC(Cc1ccn(C)n1)C1CCCCCCC1. The molecule has 3 heteroatoms. The third-order valence-corrected chi connectivity index (χ3v) is 4.29. The Morgan fingerprint density at radius 2 is 1.94 bits per heavy atom. The molecule has 0 saturated heterocycles. The molecule has 1 fully saturated rings. The third-order valence-electron chi connectivity index (χ3n) is 4.29. The van der Waals surface area contributed by atoms with Gasteiger partial charge in [-0.25, -0.2) is 0 Å². The second-order valence-electron chi connectivity index (χ2n) is 5.69. The maximum absolute atomic E-state index is 4.51. The van der Waals surface area contributed by atoms with Gasteiger partial charge in [-0.2, -0.15) is 5.10 Å². The van der Waals surface area contributed by atoms with Gasteiger partial charge in [0.05, 0.1) is 5.69 Å². The van der Waals surface area contributed by atoms with Gasteiger partial charge in [0, 0.05) is 25.7 Å². The summed E-state index contributed by atoms with van der Waals surface area (Å²) < 4.78 is 1.90. The molecule has 0 aromatic carbocycles. The summed E-state index contributed by atoms with van der Waals surface area (Å²) in [5.74, 6) is 0.831. The Balaban J connectivity index is 1.93. The van der Waals surface area contributed by atoms with Gasteiger partial charge in [0.2, 0.25) is 0 Å². The molecule has 1 aliphatic carbocycles. The van der Waals surface area contributed by atoms with E-state index in [1.54, 1.807) is 0 Å². The van der Waals surface area contributed by atoms with Crippen LogP contribution in [0, 0.1) is 5.92 Å². The van der Waals surface area contributed by atoms with Crippen molar-refractivity contribution in [2.24, 2.45) is 13.0 Å². The van der Waals surface area contributed by atoms with E-state index in [2.05, 4.69) is 23.5 Å². The molecule has 2 rings (SSSR count). The Labute approximate surface area is 111 Å². The van der Waals surface area contributed by atoms with Gasteiger partial charge >= 0.3 is 0 Å². The number of aryl methyl sites for hydroxylation is 1. The highest BCUT2D eigenvalue weighted by Gasteiger charge is 2.21. The lowest BCUT2D eigenvalue weighted by molar-refractivity contribution is 0.292. The second kappa shape index (κ2) is 6.93. The second-order valence-corrected chi connectivity index (χ2v) is 5.69. The molecule has 102 valence electrons. The monoisotopic (exact) mass is 249 g/mol. The van der Waals surface area contributed by atoms with Crippen molar-refractivity contribution in [2.45, 2.75) is 57.4 Å². The molecule has 0 amide bonds. The van der Waals surface area contributed by atoms with Crippen molar-refractivity contribution in [1.29, 1.82) is 0 Å². The van der Waals surface area contributed by atoms with Crippen LogP contribution >= 0.6 is 0 Å². The van der Waals surface area contributed by atoms with Crippen molar-refractivity contribution in [2.75, 3.05) is 7.05 Å². The molecule has 0 aliphatic heterocycles. The lowest BCUT2D eigenvalue weighted by Gasteiger charge is -2.28. The standard InChI is InChI=1S/C15H27N3/c1-16-15(12-14-10-11-18(2)17-14)13-8-6-4-3-5-7-9-13/h10-11,13,15-16H,3-9,12H2,1-2H3. The van der Waals surface area contributed by atoms with E-state index in [0.29, 0.717) is 6.04 Å². The van der Waals surface area contributed by atoms with Gasteiger partial charge in [0.15, 0.2) is 0 Å². The number of aromatic nitrogens is 2. The van der Waals surface area contributed by atoms with Gasteiger partial charge in [-0.15, -0.1) is 0 Å². The average Bonchev–Trinajstić information content (AvgIpc) is 2.72. The highest BCUT2D eigenvalue weighted by atomic mass is 15.2. The summed E-state index contributed by atoms with van der Waals surface area (Å²) in [5, 5.41) is 8.04. The zero-order valence-corrected chi connectivity index (χ0v) is 11.9. The summed E-state index contributed by atoms with van der Waals surface area (Å²) in [6.45, 7) is 0. The number of nitrogens with one attached hydrogen (secondary N) is 1. The first-order valence-electron chi connectivity index (χ1n) is 7.45. The van der Waals surface area contributed by atoms with Crippen molar-refractivity contribution >= 4 is 0 Å². The first kappa shape index (κ1) is 13.6. The van der Waals surface area contributed by atoms with Crippen molar-refractivity contribution in [1.82, 2.24) is 15.1 Å². The van der Waals surface area contributed by atoms with E-state index in [9.17, 15) is 0 Å². The summed E-state index contributed by atoms with van der Waals surface area (Å²) in [5.41, 5.74) is 1.22. The molecule has 1 N–H and O–H groups in total. The summed E-state index contributed by atoms with van der Waals surface area (Å²) >= 11 is 0. The molecule has 0 bridgehead atoms. The Morgan fingerprint density at radius 3 is 2.50 bits per heavy atom. The van der Waals surface area contributed by atoms with Gasteiger partial charge in [-0.1, -0.05) is 32.1 Å². The molecule has 1 aliphatic rings. The van der Waals surface area contributed by atoms with E-state index in [-0.39, 0.29) is 0 Å². The molecule has 1 saturated carbocycles. The molecule has 1 aromatic rings. The largest absolute Gasteiger partial charge is 0.316 e. The van der Waals surface area contributed by atoms with Crippen LogP contribution in [0.4, 0.5) is 0 Å². The minimum absolute atomic E-state index is 0.595. The van der Waals surface area contributed by atoms with Crippen molar-refractivity contribution < 1.29 is 0 Å². The summed E-state index contributed by atoms with van der Waals surface area (Å²) in [4.78, 5) is 0. The van der Waals surface area contributed by atoms with E-state index < -0.39 is 0 Å². The summed E-state index contributed by atoms with van der Waals surface area (Å²) in [6.07, 6.45) is 13.0. The summed E-state index contributed by atoms with van der Waals surface area (Å²) in [6, 6.07) is 2.74. The zero-order chi connectivity index (χ0) is 12.8. The zero-order valence-electron chi connectivity index (χ0n) is 11.9. The Morgan fingerprint density at radius 1 is 1.28 bits per heavy atom. The fourth-order valence-electron chi connectivity index (χ4n) is 3.19. The molecule has 1 heterocycles. The Bertz CT molecular complexity index is 337. The molecular weight excluding hydrogens is 222 g/mol. The van der Waals surface area contributed by atoms with Crippen molar-refractivity contribution in [3.8, 4) is 0 Å². The van der Waals surface area contributed by atoms with Crippen LogP contribution in [0.1, 0.15) is 50.6 Å². The molecule has 1 unspecified atom stereocenters. The van der Waals surface area contributed by atoms with Crippen LogP contribution in [0.2, 0.25) is 0 Å². The van der Waals surface area contributed by atoms with Gasteiger partial charge in [-0.3, -0.25) is 4.68 Å². The fourth-order valence-corrected chi connectivity index (χ4v) is 3.19. The van der Waals surface area contributed by atoms with Crippen LogP contribution in [0.15, 0.2) is 12.3 Å². The lowest BCUT2D eigenvalue weighted by Crippen LogP contribution is -2.36. The van der Waals surface area contributed by atoms with Crippen LogP contribution in [0.3, 0.4) is 0 Å². The van der Waals surface area contributed by atoms with E-state index in [1.807, 2.05) is 17.9 Å². The maximum Gasteiger partial charge on any atom is 0.0640 e. The number of hydrogen-bond donors (Lipinski definition) is 1. The van der Waals surface area contributed by atoms with Crippen LogP contribution in [-0.4, -0.2) is 22.9 Å². The quantitative estimate of drug-likeness (QED) is 0.889. The number of hydrogen-bond acceptors (Lipinski definition) is 2. The number of rotatable bonds is 4. The van der Waals surface area contributed by atoms with E-state index >= 15 is 0 Å². The highest BCUT2D eigenvalue weighted by molar-refractivity contribution is 5.02. The molecule has 0 radical (unpaired) electrons. The van der Waals surface area contributed by atoms with Crippen LogP contribution < -0.4 is 5.32 Å². The highest BCUT2D eigenvalue weighted by Crippen LogP contribution is 2.26. The van der Waals surface area contributed by atoms with Crippen LogP contribution in [0.5, 0.6) is 0 Å². The molecule has 3 nitrogen and oxygen atoms in total. The van der Waals surface area contributed by atoms with Gasteiger partial charge in [-0.05, 0) is 31.9 Å². The van der Waals surface area contributed by atoms with Gasteiger partial charge in [0.25, 0.3) is 0 Å². The van der Waals surface area contributed by atoms with E-state index in [0.717, 1.165) is 12.3 Å². The van der Waals surface area contributed by atoms with Crippen LogP contribution in [0.25, 0.3) is 0 Å². The number of likely N-dealkylation sites (N-methyl/N-ethyl adjacent to an activating group) is 1. The molecule has 18 heavy (non-hydrogen) atoms. The molecular formula is C15H27N3. The third kappa shape index (κ3) is 3.84. The minimum Gasteiger partial charge on any atom is -0.316 e. The lowest BCUT2D eigenvalue weighted by atomic mass is 9.84. The Kier molecular flexibility index (Phi) is 5.24. The molecule has 0 spiro atoms. The van der Waals surface area contributed by atoms with Crippen molar-refractivity contribution in [3.63, 3.8) is 0 Å². The number of nitrogens with zero attached hydrogens (tertiary/aromatic N) is 2. The first-order chi connectivity index (χ1) is 8.79. The van der Waals surface area contributed by atoms with E-state index in [1.165, 1.54) is 50.6 Å². The predicted octanol–water partition coefficient (Wildman–Crippen LogP) is 2.91. The topological polar surface area (TPSA) is 29.9 Å². The first-order valence-corrected chi connectivity index (χ1v) is 7.45. The minimum atomic E-state index is 0.595. The van der Waals surface area contributed by atoms with Crippen LogP contribution in [-0.2, 0) is 13.5 Å². The summed E-state index contributed by atoms with van der Waals surface area (Å²) in [7, 11) is 4.10. The smallest absolute Gasteiger partial charge is 0.0640 e. The molecule has 1 aromatic heterocycles. The van der Waals surface area contributed by atoms with E-state index in [4.69, 9.17) is 0 Å². The average molecular weight is 249 g/mol. The molecule has 1 atom stereocenters. The normalized spacial score (nSPS) is 20.3. The predicted molar refractivity (Wildman–Crippen MR) is 75.6 cm³/mol. The van der Waals surface area contributed by atoms with Gasteiger partial charge in [0.1, 0.15) is 0 Å². The van der Waals surface area contributed by atoms with Gasteiger partial charge < -0.3 is 5.32 Å². The maximum atomic E-state index is 4.51. The van der Waals surface area contributed by atoms with Crippen molar-refractivity contribution in [3.05, 3.63) is 18.0 Å². The fraction of sp³-hybridized carbons (Fsp3) is 0.800. The Hall–Kier alpha value is -0.830.